The van der Waals surface area contributed by atoms with Gasteiger partial charge in [-0.2, -0.15) is 0 Å². The molecule has 3 nitrogen and oxygen atoms in total. The first-order valence-electron chi connectivity index (χ1n) is 6.30. The van der Waals surface area contributed by atoms with Crippen LogP contribution in [0.5, 0.6) is 0 Å². The average molecular weight is 286 g/mol. The molecule has 19 heavy (non-hydrogen) atoms. The molecule has 0 bridgehead atoms. The normalized spacial score (nSPS) is 25.9. The van der Waals surface area contributed by atoms with E-state index in [4.69, 9.17) is 26.6 Å². The summed E-state index contributed by atoms with van der Waals surface area (Å²) in [5, 5.41) is 0.347. The van der Waals surface area contributed by atoms with E-state index in [-0.39, 0.29) is 5.69 Å². The molecule has 0 spiro atoms. The van der Waals surface area contributed by atoms with Gasteiger partial charge >= 0.3 is 7.12 Å². The number of nitrogen functional groups attached to an aromatic ring is 1. The lowest BCUT2D eigenvalue weighted by atomic mass is 9.79. The zero-order chi connectivity index (χ0) is 14.4. The molecule has 0 aliphatic carbocycles. The second-order valence-electron chi connectivity index (χ2n) is 5.56. The predicted molar refractivity (Wildman–Crippen MR) is 76.2 cm³/mol. The maximum atomic E-state index is 13.6. The smallest absolute Gasteiger partial charge is 0.399 e. The Morgan fingerprint density at radius 2 is 1.95 bits per heavy atom. The molecule has 1 saturated heterocycles. The summed E-state index contributed by atoms with van der Waals surface area (Å²) in [4.78, 5) is 0. The van der Waals surface area contributed by atoms with Gasteiger partial charge in [-0.1, -0.05) is 18.5 Å². The molecule has 1 fully saturated rings. The maximum Gasteiger partial charge on any atom is 0.496 e. The van der Waals surface area contributed by atoms with Gasteiger partial charge in [-0.3, -0.25) is 0 Å². The van der Waals surface area contributed by atoms with Gasteiger partial charge in [-0.25, -0.2) is 4.39 Å². The molecule has 0 amide bonds. The van der Waals surface area contributed by atoms with Crippen molar-refractivity contribution in [2.75, 3.05) is 5.73 Å². The van der Waals surface area contributed by atoms with Crippen LogP contribution >= 0.6 is 11.6 Å². The van der Waals surface area contributed by atoms with Crippen LogP contribution in [0.2, 0.25) is 5.02 Å². The Bertz CT molecular complexity index is 512. The maximum absolute atomic E-state index is 13.6. The molecule has 1 heterocycles. The zero-order valence-electron chi connectivity index (χ0n) is 11.6. The Kier molecular flexibility index (Phi) is 3.58. The molecule has 1 aromatic carbocycles. The summed E-state index contributed by atoms with van der Waals surface area (Å²) in [7, 11) is -0.678. The number of rotatable bonds is 2. The fourth-order valence-corrected chi connectivity index (χ4v) is 2.45. The lowest BCUT2D eigenvalue weighted by molar-refractivity contribution is -0.0118. The summed E-state index contributed by atoms with van der Waals surface area (Å²) >= 11 is 6.10. The molecule has 1 aromatic rings. The molecule has 0 aromatic heterocycles. The SMILES string of the molecule is CCC1(C)OB(c2cc(F)c(N)cc2Cl)OC1(C)C. The van der Waals surface area contributed by atoms with E-state index in [1.54, 1.807) is 0 Å². The summed E-state index contributed by atoms with van der Waals surface area (Å²) in [6.45, 7) is 7.92. The van der Waals surface area contributed by atoms with Crippen LogP contribution in [0.1, 0.15) is 34.1 Å². The molecule has 1 unspecified atom stereocenters. The molecule has 2 rings (SSSR count). The third-order valence-corrected chi connectivity index (χ3v) is 4.41. The van der Waals surface area contributed by atoms with Crippen LogP contribution < -0.4 is 11.2 Å². The first-order valence-corrected chi connectivity index (χ1v) is 6.68. The third kappa shape index (κ3) is 2.35. The minimum Gasteiger partial charge on any atom is -0.399 e. The van der Waals surface area contributed by atoms with Crippen molar-refractivity contribution in [1.82, 2.24) is 0 Å². The van der Waals surface area contributed by atoms with Gasteiger partial charge < -0.3 is 15.0 Å². The van der Waals surface area contributed by atoms with Crippen molar-refractivity contribution in [3.8, 4) is 0 Å². The summed E-state index contributed by atoms with van der Waals surface area (Å²) in [6, 6.07) is 2.66. The van der Waals surface area contributed by atoms with Crippen LogP contribution in [0, 0.1) is 5.82 Å². The first-order chi connectivity index (χ1) is 8.70. The van der Waals surface area contributed by atoms with E-state index in [1.165, 1.54) is 12.1 Å². The van der Waals surface area contributed by atoms with E-state index < -0.39 is 24.1 Å². The summed E-state index contributed by atoms with van der Waals surface area (Å²) < 4.78 is 25.4. The van der Waals surface area contributed by atoms with E-state index in [9.17, 15) is 4.39 Å². The van der Waals surface area contributed by atoms with Gasteiger partial charge in [0.2, 0.25) is 0 Å². The van der Waals surface area contributed by atoms with Crippen molar-refractivity contribution in [2.24, 2.45) is 0 Å². The van der Waals surface area contributed by atoms with E-state index in [0.29, 0.717) is 10.5 Å². The topological polar surface area (TPSA) is 44.5 Å². The number of hydrogen-bond acceptors (Lipinski definition) is 3. The second kappa shape index (κ2) is 4.65. The van der Waals surface area contributed by atoms with Crippen molar-refractivity contribution in [2.45, 2.75) is 45.3 Å². The quantitative estimate of drug-likeness (QED) is 0.671. The molecule has 1 aliphatic rings. The molecular formula is C13H18BClFNO2. The van der Waals surface area contributed by atoms with Crippen LogP contribution in [0.3, 0.4) is 0 Å². The Labute approximate surface area is 118 Å². The Morgan fingerprint density at radius 1 is 1.32 bits per heavy atom. The Balaban J connectivity index is 2.38. The lowest BCUT2D eigenvalue weighted by Crippen LogP contribution is -2.44. The van der Waals surface area contributed by atoms with Crippen LogP contribution in [0.25, 0.3) is 0 Å². The molecular weight excluding hydrogens is 267 g/mol. The Hall–Kier alpha value is -0.775. The van der Waals surface area contributed by atoms with Crippen molar-refractivity contribution < 1.29 is 13.7 Å². The van der Waals surface area contributed by atoms with Gasteiger partial charge in [0.1, 0.15) is 5.82 Å². The van der Waals surface area contributed by atoms with E-state index in [1.807, 2.05) is 27.7 Å². The molecule has 6 heteroatoms. The molecule has 1 aliphatic heterocycles. The summed E-state index contributed by atoms with van der Waals surface area (Å²) in [6.07, 6.45) is 0.783. The Morgan fingerprint density at radius 3 is 2.47 bits per heavy atom. The van der Waals surface area contributed by atoms with Crippen LogP contribution in [0.15, 0.2) is 12.1 Å². The number of benzene rings is 1. The van der Waals surface area contributed by atoms with Gasteiger partial charge in [0.15, 0.2) is 0 Å². The minimum absolute atomic E-state index is 0.0178. The fourth-order valence-electron chi connectivity index (χ4n) is 2.19. The largest absolute Gasteiger partial charge is 0.496 e. The van der Waals surface area contributed by atoms with Crippen molar-refractivity contribution in [1.29, 1.82) is 0 Å². The van der Waals surface area contributed by atoms with Crippen molar-refractivity contribution in [3.63, 3.8) is 0 Å². The number of hydrogen-bond donors (Lipinski definition) is 1. The number of nitrogens with two attached hydrogens (primary N) is 1. The highest BCUT2D eigenvalue weighted by molar-refractivity contribution is 6.65. The monoisotopic (exact) mass is 285 g/mol. The molecule has 104 valence electrons. The van der Waals surface area contributed by atoms with Gasteiger partial charge in [-0.15, -0.1) is 0 Å². The van der Waals surface area contributed by atoms with Gasteiger partial charge in [0.25, 0.3) is 0 Å². The predicted octanol–water partition coefficient (Wildman–Crippen LogP) is 2.75. The third-order valence-electron chi connectivity index (χ3n) is 4.09. The highest BCUT2D eigenvalue weighted by Gasteiger charge is 2.54. The fraction of sp³-hybridized carbons (Fsp3) is 0.538. The van der Waals surface area contributed by atoms with E-state index in [2.05, 4.69) is 0 Å². The molecule has 2 N–H and O–H groups in total. The van der Waals surface area contributed by atoms with Crippen LogP contribution in [0.4, 0.5) is 10.1 Å². The van der Waals surface area contributed by atoms with Crippen molar-refractivity contribution in [3.05, 3.63) is 23.0 Å². The van der Waals surface area contributed by atoms with Gasteiger partial charge in [-0.05, 0) is 39.3 Å². The van der Waals surface area contributed by atoms with Crippen molar-refractivity contribution >= 4 is 29.9 Å². The van der Waals surface area contributed by atoms with Gasteiger partial charge in [0, 0.05) is 10.5 Å². The standard InChI is InChI=1S/C13H18BClFNO2/c1-5-13(4)12(2,3)18-14(19-13)8-6-10(16)11(17)7-9(8)15/h6-7H,5,17H2,1-4H3. The summed E-state index contributed by atoms with van der Waals surface area (Å²) in [5.74, 6) is -0.519. The lowest BCUT2D eigenvalue weighted by Gasteiger charge is -2.35. The average Bonchev–Trinajstić information content (AvgIpc) is 2.55. The first kappa shape index (κ1) is 14.6. The molecule has 1 atom stereocenters. The second-order valence-corrected chi connectivity index (χ2v) is 5.96. The van der Waals surface area contributed by atoms with Crippen LogP contribution in [-0.2, 0) is 9.31 Å². The van der Waals surface area contributed by atoms with E-state index >= 15 is 0 Å². The van der Waals surface area contributed by atoms with E-state index in [0.717, 1.165) is 6.42 Å². The molecule has 0 radical (unpaired) electrons. The minimum atomic E-state index is -0.678. The van der Waals surface area contributed by atoms with Crippen LogP contribution in [-0.4, -0.2) is 18.3 Å². The van der Waals surface area contributed by atoms with Gasteiger partial charge in [0.05, 0.1) is 16.9 Å². The highest BCUT2D eigenvalue weighted by Crippen LogP contribution is 2.39. The number of halogens is 2. The highest BCUT2D eigenvalue weighted by atomic mass is 35.5. The molecule has 0 saturated carbocycles. The zero-order valence-corrected chi connectivity index (χ0v) is 12.3. The summed E-state index contributed by atoms with van der Waals surface area (Å²) in [5.41, 5.74) is 5.04. The number of anilines is 1.